The number of likely N-dealkylation sites (tertiary alicyclic amines) is 1. The van der Waals surface area contributed by atoms with Crippen LogP contribution >= 0.6 is 11.6 Å². The van der Waals surface area contributed by atoms with Crippen LogP contribution in [0.2, 0.25) is 5.02 Å². The standard InChI is InChI=1S/C20H19ClN2O3/c21-16-3-1-2-14(12-16)6-9-18(24)22-17-7-4-15(5-8-17)13-23-19(25)10-11-20(23)26/h1-5,7-8,12H,6,9-11,13H2,(H,22,24). The van der Waals surface area contributed by atoms with Crippen molar-refractivity contribution in [2.24, 2.45) is 0 Å². The number of imide groups is 1. The molecule has 3 amide bonds. The molecule has 1 aliphatic rings. The minimum absolute atomic E-state index is 0.0809. The number of amides is 3. The quantitative estimate of drug-likeness (QED) is 0.790. The fraction of sp³-hybridized carbons (Fsp3) is 0.250. The summed E-state index contributed by atoms with van der Waals surface area (Å²) in [6.45, 7) is 0.278. The first-order chi connectivity index (χ1) is 12.5. The molecule has 0 atom stereocenters. The van der Waals surface area contributed by atoms with Gasteiger partial charge in [0, 0.05) is 30.0 Å². The summed E-state index contributed by atoms with van der Waals surface area (Å²) in [6, 6.07) is 14.6. The molecule has 0 saturated carbocycles. The first kappa shape index (κ1) is 18.1. The normalized spacial score (nSPS) is 14.0. The summed E-state index contributed by atoms with van der Waals surface area (Å²) in [6.07, 6.45) is 1.56. The highest BCUT2D eigenvalue weighted by Crippen LogP contribution is 2.18. The summed E-state index contributed by atoms with van der Waals surface area (Å²) in [7, 11) is 0. The summed E-state index contributed by atoms with van der Waals surface area (Å²) in [5.74, 6) is -0.343. The number of hydrogen-bond acceptors (Lipinski definition) is 3. The molecule has 3 rings (SSSR count). The third-order valence-electron chi connectivity index (χ3n) is 4.26. The first-order valence-corrected chi connectivity index (χ1v) is 8.85. The maximum Gasteiger partial charge on any atom is 0.229 e. The van der Waals surface area contributed by atoms with E-state index in [0.717, 1.165) is 11.1 Å². The zero-order chi connectivity index (χ0) is 18.5. The average molecular weight is 371 g/mol. The Morgan fingerprint density at radius 3 is 2.35 bits per heavy atom. The number of benzene rings is 2. The average Bonchev–Trinajstić information content (AvgIpc) is 2.94. The van der Waals surface area contributed by atoms with Crippen LogP contribution in [0.25, 0.3) is 0 Å². The van der Waals surface area contributed by atoms with E-state index in [1.807, 2.05) is 30.3 Å². The maximum atomic E-state index is 12.1. The molecule has 1 heterocycles. The molecule has 26 heavy (non-hydrogen) atoms. The second-order valence-corrected chi connectivity index (χ2v) is 6.69. The Morgan fingerprint density at radius 2 is 1.69 bits per heavy atom. The maximum absolute atomic E-state index is 12.1. The molecule has 1 fully saturated rings. The van der Waals surface area contributed by atoms with Crippen LogP contribution in [0, 0.1) is 0 Å². The van der Waals surface area contributed by atoms with Gasteiger partial charge in [-0.05, 0) is 41.8 Å². The van der Waals surface area contributed by atoms with Crippen molar-refractivity contribution in [2.75, 3.05) is 5.32 Å². The molecule has 0 aromatic heterocycles. The van der Waals surface area contributed by atoms with Crippen LogP contribution in [0.1, 0.15) is 30.4 Å². The van der Waals surface area contributed by atoms with Gasteiger partial charge in [0.1, 0.15) is 0 Å². The number of carbonyl (C=O) groups is 3. The second-order valence-electron chi connectivity index (χ2n) is 6.25. The topological polar surface area (TPSA) is 66.5 Å². The number of nitrogens with one attached hydrogen (secondary N) is 1. The van der Waals surface area contributed by atoms with Crippen molar-refractivity contribution >= 4 is 35.0 Å². The summed E-state index contributed by atoms with van der Waals surface area (Å²) in [5, 5.41) is 3.51. The molecular weight excluding hydrogens is 352 g/mol. The van der Waals surface area contributed by atoms with Gasteiger partial charge in [0.25, 0.3) is 0 Å². The van der Waals surface area contributed by atoms with Crippen LogP contribution in [0.4, 0.5) is 5.69 Å². The predicted molar refractivity (Wildman–Crippen MR) is 99.6 cm³/mol. The molecule has 6 heteroatoms. The zero-order valence-corrected chi connectivity index (χ0v) is 15.0. The minimum atomic E-state index is -0.131. The van der Waals surface area contributed by atoms with Crippen molar-refractivity contribution < 1.29 is 14.4 Å². The van der Waals surface area contributed by atoms with E-state index in [4.69, 9.17) is 11.6 Å². The number of nitrogens with zero attached hydrogens (tertiary/aromatic N) is 1. The van der Waals surface area contributed by atoms with E-state index in [0.29, 0.717) is 36.4 Å². The molecule has 0 bridgehead atoms. The van der Waals surface area contributed by atoms with Crippen LogP contribution in [0.5, 0.6) is 0 Å². The van der Waals surface area contributed by atoms with Gasteiger partial charge in [0.05, 0.1) is 6.54 Å². The van der Waals surface area contributed by atoms with Gasteiger partial charge < -0.3 is 5.32 Å². The van der Waals surface area contributed by atoms with E-state index in [-0.39, 0.29) is 24.3 Å². The number of halogens is 1. The SMILES string of the molecule is O=C(CCc1cccc(Cl)c1)Nc1ccc(CN2C(=O)CCC2=O)cc1. The molecule has 1 N–H and O–H groups in total. The summed E-state index contributed by atoms with van der Waals surface area (Å²) < 4.78 is 0. The third kappa shape index (κ3) is 4.70. The Bertz CT molecular complexity index is 817. The van der Waals surface area contributed by atoms with Crippen LogP contribution < -0.4 is 5.32 Å². The van der Waals surface area contributed by atoms with Gasteiger partial charge in [0.2, 0.25) is 17.7 Å². The molecule has 134 valence electrons. The Labute approximate surface area is 156 Å². The molecule has 0 spiro atoms. The van der Waals surface area contributed by atoms with Crippen molar-refractivity contribution in [2.45, 2.75) is 32.2 Å². The largest absolute Gasteiger partial charge is 0.326 e. The molecule has 2 aromatic carbocycles. The lowest BCUT2D eigenvalue weighted by molar-refractivity contribution is -0.139. The molecular formula is C20H19ClN2O3. The van der Waals surface area contributed by atoms with E-state index in [2.05, 4.69) is 5.32 Å². The fourth-order valence-electron chi connectivity index (χ4n) is 2.85. The highest BCUT2D eigenvalue weighted by atomic mass is 35.5. The molecule has 1 aliphatic heterocycles. The van der Waals surface area contributed by atoms with Crippen LogP contribution in [-0.4, -0.2) is 22.6 Å². The Kier molecular flexibility index (Phi) is 5.68. The minimum Gasteiger partial charge on any atom is -0.326 e. The van der Waals surface area contributed by atoms with Crippen LogP contribution in [-0.2, 0) is 27.3 Å². The summed E-state index contributed by atoms with van der Waals surface area (Å²) in [4.78, 5) is 36.7. The number of rotatable bonds is 6. The molecule has 5 nitrogen and oxygen atoms in total. The zero-order valence-electron chi connectivity index (χ0n) is 14.2. The molecule has 0 unspecified atom stereocenters. The van der Waals surface area contributed by atoms with Gasteiger partial charge in [-0.1, -0.05) is 35.9 Å². The van der Waals surface area contributed by atoms with Gasteiger partial charge in [-0.3, -0.25) is 19.3 Å². The van der Waals surface area contributed by atoms with E-state index < -0.39 is 0 Å². The lowest BCUT2D eigenvalue weighted by Crippen LogP contribution is -2.28. The van der Waals surface area contributed by atoms with Gasteiger partial charge in [0.15, 0.2) is 0 Å². The first-order valence-electron chi connectivity index (χ1n) is 8.48. The molecule has 0 aliphatic carbocycles. The Hall–Kier alpha value is -2.66. The highest BCUT2D eigenvalue weighted by Gasteiger charge is 2.28. The van der Waals surface area contributed by atoms with Crippen molar-refractivity contribution in [3.05, 3.63) is 64.7 Å². The predicted octanol–water partition coefficient (Wildman–Crippen LogP) is 3.56. The van der Waals surface area contributed by atoms with Gasteiger partial charge in [-0.25, -0.2) is 0 Å². The Balaban J connectivity index is 1.51. The van der Waals surface area contributed by atoms with Crippen molar-refractivity contribution in [3.63, 3.8) is 0 Å². The van der Waals surface area contributed by atoms with Gasteiger partial charge >= 0.3 is 0 Å². The van der Waals surface area contributed by atoms with Crippen molar-refractivity contribution in [3.8, 4) is 0 Å². The molecule has 0 radical (unpaired) electrons. The smallest absolute Gasteiger partial charge is 0.229 e. The molecule has 2 aromatic rings. The second kappa shape index (κ2) is 8.15. The number of hydrogen-bond donors (Lipinski definition) is 1. The molecule has 1 saturated heterocycles. The van der Waals surface area contributed by atoms with E-state index >= 15 is 0 Å². The lowest BCUT2D eigenvalue weighted by atomic mass is 10.1. The van der Waals surface area contributed by atoms with Crippen molar-refractivity contribution in [1.82, 2.24) is 4.90 Å². The van der Waals surface area contributed by atoms with Gasteiger partial charge in [-0.15, -0.1) is 0 Å². The summed E-state index contributed by atoms with van der Waals surface area (Å²) in [5.41, 5.74) is 2.55. The fourth-order valence-corrected chi connectivity index (χ4v) is 3.06. The number of aryl methyl sites for hydroxylation is 1. The number of anilines is 1. The van der Waals surface area contributed by atoms with E-state index in [1.54, 1.807) is 18.2 Å². The number of carbonyl (C=O) groups excluding carboxylic acids is 3. The van der Waals surface area contributed by atoms with Gasteiger partial charge in [-0.2, -0.15) is 0 Å². The highest BCUT2D eigenvalue weighted by molar-refractivity contribution is 6.30. The monoisotopic (exact) mass is 370 g/mol. The van der Waals surface area contributed by atoms with E-state index in [1.165, 1.54) is 4.90 Å². The summed E-state index contributed by atoms with van der Waals surface area (Å²) >= 11 is 5.94. The van der Waals surface area contributed by atoms with Crippen molar-refractivity contribution in [1.29, 1.82) is 0 Å². The Morgan fingerprint density at radius 1 is 1.00 bits per heavy atom. The van der Waals surface area contributed by atoms with E-state index in [9.17, 15) is 14.4 Å². The van der Waals surface area contributed by atoms with Crippen LogP contribution in [0.3, 0.4) is 0 Å². The third-order valence-corrected chi connectivity index (χ3v) is 4.50. The van der Waals surface area contributed by atoms with Crippen LogP contribution in [0.15, 0.2) is 48.5 Å². The lowest BCUT2D eigenvalue weighted by Gasteiger charge is -2.14.